The Labute approximate surface area is 137 Å². The van der Waals surface area contributed by atoms with Crippen LogP contribution in [0.3, 0.4) is 0 Å². The van der Waals surface area contributed by atoms with Gasteiger partial charge < -0.3 is 11.1 Å². The summed E-state index contributed by atoms with van der Waals surface area (Å²) in [4.78, 5) is 12.2. The van der Waals surface area contributed by atoms with Crippen molar-refractivity contribution < 1.29 is 18.0 Å². The molecule has 0 radical (unpaired) electrons. The molecule has 0 saturated carbocycles. The number of hydrogen-bond donors (Lipinski definition) is 3. The Kier molecular flexibility index (Phi) is 4.70. The SMILES string of the molecule is CC(C)(C)c1cc(C(=O)Nc2cc(CN)cc(C(F)(F)F)c2)n[nH]1. The first-order valence-electron chi connectivity index (χ1n) is 7.29. The molecule has 0 bridgehead atoms. The number of rotatable bonds is 3. The second-order valence-electron chi connectivity index (χ2n) is 6.49. The van der Waals surface area contributed by atoms with Crippen LogP contribution in [0.5, 0.6) is 0 Å². The quantitative estimate of drug-likeness (QED) is 0.800. The van der Waals surface area contributed by atoms with Gasteiger partial charge in [-0.25, -0.2) is 0 Å². The molecule has 5 nitrogen and oxygen atoms in total. The molecule has 0 aliphatic carbocycles. The Hall–Kier alpha value is -2.35. The molecule has 8 heteroatoms. The number of aromatic nitrogens is 2. The molecule has 1 heterocycles. The molecule has 0 saturated heterocycles. The molecular weight excluding hydrogens is 321 g/mol. The predicted octanol–water partition coefficient (Wildman–Crippen LogP) is 3.44. The number of alkyl halides is 3. The normalized spacial score (nSPS) is 12.3. The van der Waals surface area contributed by atoms with Crippen LogP contribution in [-0.2, 0) is 18.1 Å². The number of halogens is 3. The Bertz CT molecular complexity index is 745. The van der Waals surface area contributed by atoms with E-state index in [1.54, 1.807) is 6.07 Å². The van der Waals surface area contributed by atoms with Crippen molar-refractivity contribution in [2.24, 2.45) is 5.73 Å². The Morgan fingerprint density at radius 3 is 2.38 bits per heavy atom. The van der Waals surface area contributed by atoms with E-state index < -0.39 is 17.6 Å². The van der Waals surface area contributed by atoms with E-state index in [2.05, 4.69) is 15.5 Å². The highest BCUT2D eigenvalue weighted by Crippen LogP contribution is 2.32. The van der Waals surface area contributed by atoms with E-state index in [1.165, 1.54) is 6.07 Å². The maximum atomic E-state index is 12.9. The highest BCUT2D eigenvalue weighted by atomic mass is 19.4. The van der Waals surface area contributed by atoms with Crippen molar-refractivity contribution in [2.75, 3.05) is 5.32 Å². The fourth-order valence-electron chi connectivity index (χ4n) is 2.06. The first-order chi connectivity index (χ1) is 11.0. The summed E-state index contributed by atoms with van der Waals surface area (Å²) in [5.41, 5.74) is 5.49. The van der Waals surface area contributed by atoms with Crippen molar-refractivity contribution in [3.8, 4) is 0 Å². The molecule has 130 valence electrons. The van der Waals surface area contributed by atoms with Gasteiger partial charge in [0.05, 0.1) is 5.56 Å². The van der Waals surface area contributed by atoms with E-state index in [-0.39, 0.29) is 28.9 Å². The molecule has 2 rings (SSSR count). The Morgan fingerprint density at radius 1 is 1.21 bits per heavy atom. The van der Waals surface area contributed by atoms with Crippen molar-refractivity contribution in [3.63, 3.8) is 0 Å². The number of anilines is 1. The number of carbonyl (C=O) groups is 1. The lowest BCUT2D eigenvalue weighted by Gasteiger charge is -2.14. The van der Waals surface area contributed by atoms with Gasteiger partial charge in [0.25, 0.3) is 5.91 Å². The third kappa shape index (κ3) is 4.14. The summed E-state index contributed by atoms with van der Waals surface area (Å²) in [6.45, 7) is 5.77. The topological polar surface area (TPSA) is 83.8 Å². The van der Waals surface area contributed by atoms with Crippen LogP contribution in [-0.4, -0.2) is 16.1 Å². The van der Waals surface area contributed by atoms with Gasteiger partial charge in [0, 0.05) is 23.3 Å². The third-order valence-corrected chi connectivity index (χ3v) is 3.43. The van der Waals surface area contributed by atoms with Gasteiger partial charge in [-0.05, 0) is 29.8 Å². The fraction of sp³-hybridized carbons (Fsp3) is 0.375. The number of nitrogens with zero attached hydrogens (tertiary/aromatic N) is 1. The van der Waals surface area contributed by atoms with Crippen molar-refractivity contribution in [2.45, 2.75) is 38.9 Å². The number of H-pyrrole nitrogens is 1. The highest BCUT2D eigenvalue weighted by molar-refractivity contribution is 6.03. The number of amides is 1. The van der Waals surface area contributed by atoms with Gasteiger partial charge in [-0.2, -0.15) is 18.3 Å². The number of carbonyl (C=O) groups excluding carboxylic acids is 1. The standard InChI is InChI=1S/C16H19F3N4O/c1-15(2,3)13-7-12(22-23-13)14(24)21-11-5-9(8-20)4-10(6-11)16(17,18)19/h4-7H,8,20H2,1-3H3,(H,21,24)(H,22,23). The monoisotopic (exact) mass is 340 g/mol. The molecule has 0 spiro atoms. The van der Waals surface area contributed by atoms with Gasteiger partial charge in [0.2, 0.25) is 0 Å². The van der Waals surface area contributed by atoms with E-state index in [4.69, 9.17) is 5.73 Å². The second-order valence-corrected chi connectivity index (χ2v) is 6.49. The van der Waals surface area contributed by atoms with Crippen LogP contribution in [0, 0.1) is 0 Å². The van der Waals surface area contributed by atoms with Crippen LogP contribution in [0.1, 0.15) is 48.1 Å². The molecule has 4 N–H and O–H groups in total. The van der Waals surface area contributed by atoms with Crippen molar-refractivity contribution >= 4 is 11.6 Å². The number of hydrogen-bond acceptors (Lipinski definition) is 3. The summed E-state index contributed by atoms with van der Waals surface area (Å²) >= 11 is 0. The minimum Gasteiger partial charge on any atom is -0.326 e. The number of nitrogens with one attached hydrogen (secondary N) is 2. The van der Waals surface area contributed by atoms with Crippen LogP contribution >= 0.6 is 0 Å². The molecule has 1 aromatic carbocycles. The van der Waals surface area contributed by atoms with E-state index in [0.29, 0.717) is 0 Å². The summed E-state index contributed by atoms with van der Waals surface area (Å²) in [5.74, 6) is -0.593. The zero-order valence-corrected chi connectivity index (χ0v) is 13.6. The van der Waals surface area contributed by atoms with Crippen molar-refractivity contribution in [1.82, 2.24) is 10.2 Å². The smallest absolute Gasteiger partial charge is 0.326 e. The molecule has 0 unspecified atom stereocenters. The highest BCUT2D eigenvalue weighted by Gasteiger charge is 2.31. The zero-order chi connectivity index (χ0) is 18.1. The minimum absolute atomic E-state index is 0.0237. The summed E-state index contributed by atoms with van der Waals surface area (Å²) in [5, 5.41) is 9.10. The van der Waals surface area contributed by atoms with Crippen LogP contribution in [0.2, 0.25) is 0 Å². The summed E-state index contributed by atoms with van der Waals surface area (Å²) in [6, 6.07) is 4.81. The maximum Gasteiger partial charge on any atom is 0.416 e. The van der Waals surface area contributed by atoms with Gasteiger partial charge in [-0.3, -0.25) is 9.89 Å². The molecule has 0 atom stereocenters. The Balaban J connectivity index is 2.27. The summed E-state index contributed by atoms with van der Waals surface area (Å²) < 4.78 is 38.7. The van der Waals surface area contributed by atoms with Crippen LogP contribution in [0.25, 0.3) is 0 Å². The van der Waals surface area contributed by atoms with Gasteiger partial charge in [0.15, 0.2) is 5.69 Å². The second kappa shape index (κ2) is 6.27. The average molecular weight is 340 g/mol. The van der Waals surface area contributed by atoms with Gasteiger partial charge >= 0.3 is 6.18 Å². The zero-order valence-electron chi connectivity index (χ0n) is 13.6. The van der Waals surface area contributed by atoms with Crippen LogP contribution < -0.4 is 11.1 Å². The molecule has 24 heavy (non-hydrogen) atoms. The first kappa shape index (κ1) is 18.0. The molecule has 0 aliphatic heterocycles. The van der Waals surface area contributed by atoms with Gasteiger partial charge in [0.1, 0.15) is 0 Å². The van der Waals surface area contributed by atoms with E-state index in [0.717, 1.165) is 17.8 Å². The molecule has 0 fully saturated rings. The lowest BCUT2D eigenvalue weighted by molar-refractivity contribution is -0.137. The number of aromatic amines is 1. The van der Waals surface area contributed by atoms with Crippen molar-refractivity contribution in [3.05, 3.63) is 46.8 Å². The Morgan fingerprint density at radius 2 is 1.88 bits per heavy atom. The first-order valence-corrected chi connectivity index (χ1v) is 7.29. The molecule has 2 aromatic rings. The maximum absolute atomic E-state index is 12.9. The average Bonchev–Trinajstić information content (AvgIpc) is 2.96. The number of benzene rings is 1. The summed E-state index contributed by atoms with van der Waals surface area (Å²) in [6.07, 6.45) is -4.52. The summed E-state index contributed by atoms with van der Waals surface area (Å²) in [7, 11) is 0. The lowest BCUT2D eigenvalue weighted by atomic mass is 9.92. The van der Waals surface area contributed by atoms with E-state index in [9.17, 15) is 18.0 Å². The third-order valence-electron chi connectivity index (χ3n) is 3.43. The van der Waals surface area contributed by atoms with Crippen LogP contribution in [0.15, 0.2) is 24.3 Å². The van der Waals surface area contributed by atoms with Gasteiger partial charge in [-0.1, -0.05) is 20.8 Å². The molecular formula is C16H19F3N4O. The predicted molar refractivity (Wildman–Crippen MR) is 84.6 cm³/mol. The van der Waals surface area contributed by atoms with E-state index >= 15 is 0 Å². The van der Waals surface area contributed by atoms with Crippen molar-refractivity contribution in [1.29, 1.82) is 0 Å². The lowest BCUT2D eigenvalue weighted by Crippen LogP contribution is -2.15. The minimum atomic E-state index is -4.52. The molecule has 0 aliphatic rings. The largest absolute Gasteiger partial charge is 0.416 e. The molecule has 1 amide bonds. The van der Waals surface area contributed by atoms with Crippen LogP contribution in [0.4, 0.5) is 18.9 Å². The van der Waals surface area contributed by atoms with E-state index in [1.807, 2.05) is 20.8 Å². The number of nitrogens with two attached hydrogens (primary N) is 1. The molecule has 1 aromatic heterocycles. The van der Waals surface area contributed by atoms with Gasteiger partial charge in [-0.15, -0.1) is 0 Å². The fourth-order valence-corrected chi connectivity index (χ4v) is 2.06.